The van der Waals surface area contributed by atoms with Crippen LogP contribution in [0.25, 0.3) is 0 Å². The van der Waals surface area contributed by atoms with Crippen LogP contribution in [0.1, 0.15) is 29.8 Å². The van der Waals surface area contributed by atoms with E-state index < -0.39 is 0 Å². The number of pyridine rings is 1. The van der Waals surface area contributed by atoms with Gasteiger partial charge in [0.05, 0.1) is 18.8 Å². The molecule has 0 aromatic carbocycles. The van der Waals surface area contributed by atoms with E-state index in [-0.39, 0.29) is 24.0 Å². The molecule has 0 bridgehead atoms. The summed E-state index contributed by atoms with van der Waals surface area (Å²) in [7, 11) is 1.72. The lowest BCUT2D eigenvalue weighted by Crippen LogP contribution is -2.36. The van der Waals surface area contributed by atoms with Crippen LogP contribution >= 0.6 is 24.0 Å². The van der Waals surface area contributed by atoms with Crippen LogP contribution in [0.5, 0.6) is 5.88 Å². The average Bonchev–Trinajstić information content (AvgIpc) is 2.87. The predicted octanol–water partition coefficient (Wildman–Crippen LogP) is 2.57. The van der Waals surface area contributed by atoms with Crippen molar-refractivity contribution in [2.45, 2.75) is 33.9 Å². The molecule has 7 nitrogen and oxygen atoms in total. The molecule has 0 radical (unpaired) electrons. The number of nitrogens with one attached hydrogen (secondary N) is 2. The SMILES string of the molecule is CCOc1ncccc1CNC(=NC)NCc1nc(C)c(C)o1.I. The van der Waals surface area contributed by atoms with Crippen LogP contribution in [0.15, 0.2) is 27.7 Å². The molecule has 0 unspecified atom stereocenters. The fraction of sp³-hybridized carbons (Fsp3) is 0.438. The summed E-state index contributed by atoms with van der Waals surface area (Å²) in [5.41, 5.74) is 1.88. The standard InChI is InChI=1S/C16H23N5O2.HI/c1-5-22-15-13(7-6-8-18-15)9-19-16(17-4)20-10-14-21-11(2)12(3)23-14;/h6-8H,5,9-10H2,1-4H3,(H2,17,19,20);1H. The van der Waals surface area contributed by atoms with Gasteiger partial charge in [0, 0.05) is 25.4 Å². The molecule has 0 saturated carbocycles. The number of rotatable bonds is 6. The zero-order valence-electron chi connectivity index (χ0n) is 14.4. The molecule has 8 heteroatoms. The van der Waals surface area contributed by atoms with Gasteiger partial charge in [0.15, 0.2) is 5.96 Å². The van der Waals surface area contributed by atoms with Gasteiger partial charge in [-0.1, -0.05) is 6.07 Å². The van der Waals surface area contributed by atoms with Crippen LogP contribution in [0.3, 0.4) is 0 Å². The topological polar surface area (TPSA) is 84.6 Å². The van der Waals surface area contributed by atoms with Gasteiger partial charge in [-0.25, -0.2) is 9.97 Å². The highest BCUT2D eigenvalue weighted by atomic mass is 127. The molecule has 0 amide bonds. The maximum Gasteiger partial charge on any atom is 0.218 e. The van der Waals surface area contributed by atoms with Crippen LogP contribution < -0.4 is 15.4 Å². The third kappa shape index (κ3) is 5.66. The third-order valence-corrected chi connectivity index (χ3v) is 3.28. The second-order valence-electron chi connectivity index (χ2n) is 4.93. The van der Waals surface area contributed by atoms with Crippen molar-refractivity contribution >= 4 is 29.9 Å². The highest BCUT2D eigenvalue weighted by molar-refractivity contribution is 14.0. The Morgan fingerprint density at radius 2 is 2.04 bits per heavy atom. The zero-order valence-corrected chi connectivity index (χ0v) is 16.8. The Balaban J connectivity index is 0.00000288. The van der Waals surface area contributed by atoms with Gasteiger partial charge in [0.1, 0.15) is 5.76 Å². The second-order valence-corrected chi connectivity index (χ2v) is 4.93. The molecule has 0 atom stereocenters. The Hall–Kier alpha value is -1.84. The number of aromatic nitrogens is 2. The van der Waals surface area contributed by atoms with Crippen LogP contribution in [0.4, 0.5) is 0 Å². The van der Waals surface area contributed by atoms with Gasteiger partial charge in [0.2, 0.25) is 11.8 Å². The van der Waals surface area contributed by atoms with Crippen LogP contribution in [0.2, 0.25) is 0 Å². The number of oxazole rings is 1. The molecule has 0 spiro atoms. The zero-order chi connectivity index (χ0) is 16.7. The number of hydrogen-bond donors (Lipinski definition) is 2. The summed E-state index contributed by atoms with van der Waals surface area (Å²) < 4.78 is 11.0. The molecule has 2 aromatic heterocycles. The van der Waals surface area contributed by atoms with E-state index in [1.165, 1.54) is 0 Å². The number of nitrogens with zero attached hydrogens (tertiary/aromatic N) is 3. The molecule has 132 valence electrons. The van der Waals surface area contributed by atoms with E-state index in [9.17, 15) is 0 Å². The van der Waals surface area contributed by atoms with Crippen LogP contribution in [-0.2, 0) is 13.1 Å². The number of aliphatic imine (C=N–C) groups is 1. The van der Waals surface area contributed by atoms with Gasteiger partial charge < -0.3 is 19.8 Å². The molecule has 24 heavy (non-hydrogen) atoms. The average molecular weight is 445 g/mol. The van der Waals surface area contributed by atoms with Crippen molar-refractivity contribution in [1.82, 2.24) is 20.6 Å². The fourth-order valence-electron chi connectivity index (χ4n) is 2.00. The summed E-state index contributed by atoms with van der Waals surface area (Å²) in [5, 5.41) is 6.40. The maximum absolute atomic E-state index is 5.54. The Bertz CT molecular complexity index is 653. The minimum absolute atomic E-state index is 0. The number of aryl methyl sites for hydroxylation is 2. The van der Waals surface area contributed by atoms with E-state index >= 15 is 0 Å². The van der Waals surface area contributed by atoms with E-state index in [2.05, 4.69) is 25.6 Å². The summed E-state index contributed by atoms with van der Waals surface area (Å²) in [6.45, 7) is 7.38. The molecule has 2 heterocycles. The van der Waals surface area contributed by atoms with Gasteiger partial charge in [-0.15, -0.1) is 24.0 Å². The van der Waals surface area contributed by atoms with Crippen molar-refractivity contribution in [3.05, 3.63) is 41.2 Å². The van der Waals surface area contributed by atoms with Crippen molar-refractivity contribution in [3.63, 3.8) is 0 Å². The first-order chi connectivity index (χ1) is 11.1. The van der Waals surface area contributed by atoms with Gasteiger partial charge in [-0.2, -0.15) is 0 Å². The summed E-state index contributed by atoms with van der Waals surface area (Å²) in [6.07, 6.45) is 1.72. The fourth-order valence-corrected chi connectivity index (χ4v) is 2.00. The van der Waals surface area contributed by atoms with Crippen molar-refractivity contribution in [2.75, 3.05) is 13.7 Å². The lowest BCUT2D eigenvalue weighted by atomic mass is 10.2. The molecule has 0 saturated heterocycles. The molecule has 0 aliphatic carbocycles. The lowest BCUT2D eigenvalue weighted by molar-refractivity contribution is 0.322. The number of halogens is 1. The largest absolute Gasteiger partial charge is 0.478 e. The molecule has 2 aromatic rings. The Morgan fingerprint density at radius 1 is 1.29 bits per heavy atom. The molecule has 2 N–H and O–H groups in total. The van der Waals surface area contributed by atoms with Crippen molar-refractivity contribution in [1.29, 1.82) is 0 Å². The number of ether oxygens (including phenoxy) is 1. The first-order valence-corrected chi connectivity index (χ1v) is 7.58. The Labute approximate surface area is 159 Å². The van der Waals surface area contributed by atoms with E-state index in [1.807, 2.05) is 32.9 Å². The smallest absolute Gasteiger partial charge is 0.218 e. The van der Waals surface area contributed by atoms with E-state index in [0.29, 0.717) is 37.4 Å². The lowest BCUT2D eigenvalue weighted by Gasteiger charge is -2.12. The highest BCUT2D eigenvalue weighted by Crippen LogP contribution is 2.13. The normalized spacial score (nSPS) is 10.9. The summed E-state index contributed by atoms with van der Waals surface area (Å²) in [6, 6.07) is 3.85. The molecular weight excluding hydrogens is 421 g/mol. The van der Waals surface area contributed by atoms with Gasteiger partial charge in [0.25, 0.3) is 0 Å². The van der Waals surface area contributed by atoms with E-state index in [4.69, 9.17) is 9.15 Å². The maximum atomic E-state index is 5.54. The van der Waals surface area contributed by atoms with Gasteiger partial charge in [-0.3, -0.25) is 4.99 Å². The molecule has 2 rings (SSSR count). The summed E-state index contributed by atoms with van der Waals surface area (Å²) in [5.74, 6) is 2.77. The minimum Gasteiger partial charge on any atom is -0.478 e. The summed E-state index contributed by atoms with van der Waals surface area (Å²) >= 11 is 0. The quantitative estimate of drug-likeness (QED) is 0.404. The molecular formula is C16H24IN5O2. The Kier molecular flexibility index (Phi) is 8.51. The first-order valence-electron chi connectivity index (χ1n) is 7.58. The van der Waals surface area contributed by atoms with Crippen LogP contribution in [0, 0.1) is 13.8 Å². The number of guanidine groups is 1. The number of hydrogen-bond acceptors (Lipinski definition) is 5. The van der Waals surface area contributed by atoms with Crippen molar-refractivity contribution in [2.24, 2.45) is 4.99 Å². The second kappa shape index (κ2) is 10.1. The molecule has 0 aliphatic rings. The monoisotopic (exact) mass is 445 g/mol. The molecule has 0 aliphatic heterocycles. The van der Waals surface area contributed by atoms with Crippen molar-refractivity contribution in [3.8, 4) is 5.88 Å². The highest BCUT2D eigenvalue weighted by Gasteiger charge is 2.08. The minimum atomic E-state index is 0. The first kappa shape index (κ1) is 20.2. The van der Waals surface area contributed by atoms with E-state index in [0.717, 1.165) is 17.0 Å². The Morgan fingerprint density at radius 3 is 2.67 bits per heavy atom. The summed E-state index contributed by atoms with van der Waals surface area (Å²) in [4.78, 5) is 12.7. The van der Waals surface area contributed by atoms with Crippen molar-refractivity contribution < 1.29 is 9.15 Å². The molecule has 0 fully saturated rings. The van der Waals surface area contributed by atoms with Crippen LogP contribution in [-0.4, -0.2) is 29.6 Å². The third-order valence-electron chi connectivity index (χ3n) is 3.28. The van der Waals surface area contributed by atoms with E-state index in [1.54, 1.807) is 13.2 Å². The van der Waals surface area contributed by atoms with Gasteiger partial charge >= 0.3 is 0 Å². The predicted molar refractivity (Wildman–Crippen MR) is 104 cm³/mol. The van der Waals surface area contributed by atoms with Gasteiger partial charge in [-0.05, 0) is 26.8 Å².